The Morgan fingerprint density at radius 2 is 1.86 bits per heavy atom. The molecular weight excluding hydrogens is 312 g/mol. The third-order valence-corrected chi connectivity index (χ3v) is 4.68. The Hall–Kier alpha value is -0.820. The van der Waals surface area contributed by atoms with Crippen LogP contribution >= 0.6 is 12.4 Å². The fraction of sp³-hybridized carbons (Fsp3) is 0.571. The van der Waals surface area contributed by atoms with Gasteiger partial charge < -0.3 is 10.5 Å². The zero-order valence-electron chi connectivity index (χ0n) is 12.3. The molecule has 1 aliphatic rings. The molecule has 21 heavy (non-hydrogen) atoms. The molecule has 0 radical (unpaired) electrons. The first kappa shape index (κ1) is 18.2. The van der Waals surface area contributed by atoms with Gasteiger partial charge in [-0.15, -0.1) is 12.4 Å². The number of hydrogen-bond acceptors (Lipinski definition) is 4. The topological polar surface area (TPSA) is 81.4 Å². The second-order valence-electron chi connectivity index (χ2n) is 5.49. The first-order valence-corrected chi connectivity index (χ1v) is 8.39. The van der Waals surface area contributed by atoms with Crippen molar-refractivity contribution in [3.8, 4) is 5.75 Å². The van der Waals surface area contributed by atoms with Crippen molar-refractivity contribution in [3.63, 3.8) is 0 Å². The number of ether oxygens (including phenoxy) is 1. The van der Waals surface area contributed by atoms with E-state index in [2.05, 4.69) is 4.72 Å². The second kappa shape index (κ2) is 7.45. The van der Waals surface area contributed by atoms with Crippen molar-refractivity contribution in [3.05, 3.63) is 24.3 Å². The summed E-state index contributed by atoms with van der Waals surface area (Å²) in [5, 5.41) is 0. The van der Waals surface area contributed by atoms with E-state index in [0.29, 0.717) is 11.7 Å². The van der Waals surface area contributed by atoms with E-state index in [4.69, 9.17) is 10.5 Å². The minimum atomic E-state index is -3.49. The lowest BCUT2D eigenvalue weighted by atomic mass is 10.2. The van der Waals surface area contributed by atoms with Crippen LogP contribution in [0.4, 0.5) is 0 Å². The van der Waals surface area contributed by atoms with E-state index >= 15 is 0 Å². The van der Waals surface area contributed by atoms with Crippen molar-refractivity contribution in [1.29, 1.82) is 0 Å². The molecule has 1 atom stereocenters. The predicted octanol–water partition coefficient (Wildman–Crippen LogP) is 1.91. The van der Waals surface area contributed by atoms with Crippen LogP contribution < -0.4 is 15.2 Å². The van der Waals surface area contributed by atoms with Gasteiger partial charge in [0, 0.05) is 12.6 Å². The van der Waals surface area contributed by atoms with Crippen molar-refractivity contribution in [1.82, 2.24) is 4.72 Å². The third-order valence-electron chi connectivity index (χ3n) is 3.24. The third kappa shape index (κ3) is 5.47. The number of sulfonamides is 1. The SMILES string of the molecule is CC(C)Oc1ccc(S(=O)(=O)NCC(N)C2CC2)cc1.Cl. The monoisotopic (exact) mass is 334 g/mol. The quantitative estimate of drug-likeness (QED) is 0.798. The van der Waals surface area contributed by atoms with Gasteiger partial charge in [-0.05, 0) is 56.9 Å². The maximum atomic E-state index is 12.1. The average molecular weight is 335 g/mol. The molecule has 3 N–H and O–H groups in total. The van der Waals surface area contributed by atoms with E-state index in [9.17, 15) is 8.42 Å². The maximum Gasteiger partial charge on any atom is 0.240 e. The van der Waals surface area contributed by atoms with Crippen molar-refractivity contribution >= 4 is 22.4 Å². The zero-order valence-corrected chi connectivity index (χ0v) is 13.9. The van der Waals surface area contributed by atoms with Crippen molar-refractivity contribution in [2.24, 2.45) is 11.7 Å². The molecule has 0 saturated heterocycles. The lowest BCUT2D eigenvalue weighted by Crippen LogP contribution is -2.38. The fourth-order valence-electron chi connectivity index (χ4n) is 1.95. The standard InChI is InChI=1S/C14H22N2O3S.ClH/c1-10(2)19-12-5-7-13(8-6-12)20(17,18)16-9-14(15)11-3-4-11;/h5-8,10-11,14,16H,3-4,9,15H2,1-2H3;1H. The molecular formula is C14H23ClN2O3S. The highest BCUT2D eigenvalue weighted by Crippen LogP contribution is 2.31. The molecule has 0 spiro atoms. The van der Waals surface area contributed by atoms with Gasteiger partial charge in [0.05, 0.1) is 11.0 Å². The van der Waals surface area contributed by atoms with Crippen LogP contribution in [-0.4, -0.2) is 27.1 Å². The Labute approximate surface area is 132 Å². The van der Waals surface area contributed by atoms with Crippen LogP contribution in [-0.2, 0) is 10.0 Å². The molecule has 1 saturated carbocycles. The fourth-order valence-corrected chi connectivity index (χ4v) is 3.02. The van der Waals surface area contributed by atoms with E-state index < -0.39 is 10.0 Å². The van der Waals surface area contributed by atoms with Gasteiger partial charge in [-0.3, -0.25) is 0 Å². The van der Waals surface area contributed by atoms with Gasteiger partial charge in [-0.1, -0.05) is 0 Å². The highest BCUT2D eigenvalue weighted by atomic mass is 35.5. The van der Waals surface area contributed by atoms with Crippen LogP contribution in [0.5, 0.6) is 5.75 Å². The first-order valence-electron chi connectivity index (χ1n) is 6.90. The zero-order chi connectivity index (χ0) is 14.8. The highest BCUT2D eigenvalue weighted by molar-refractivity contribution is 7.89. The van der Waals surface area contributed by atoms with Gasteiger partial charge in [-0.2, -0.15) is 0 Å². The van der Waals surface area contributed by atoms with Crippen LogP contribution in [0.1, 0.15) is 26.7 Å². The Balaban J connectivity index is 0.00000220. The summed E-state index contributed by atoms with van der Waals surface area (Å²) in [6.45, 7) is 4.13. The Morgan fingerprint density at radius 1 is 1.29 bits per heavy atom. The number of rotatable bonds is 7. The summed E-state index contributed by atoms with van der Waals surface area (Å²) in [7, 11) is -3.49. The molecule has 0 amide bonds. The summed E-state index contributed by atoms with van der Waals surface area (Å²) in [6, 6.07) is 6.32. The molecule has 7 heteroatoms. The molecule has 1 fully saturated rings. The Morgan fingerprint density at radius 3 is 2.33 bits per heavy atom. The second-order valence-corrected chi connectivity index (χ2v) is 7.26. The molecule has 1 aromatic carbocycles. The molecule has 0 heterocycles. The van der Waals surface area contributed by atoms with Gasteiger partial charge in [0.1, 0.15) is 5.75 Å². The smallest absolute Gasteiger partial charge is 0.240 e. The van der Waals surface area contributed by atoms with E-state index in [1.165, 1.54) is 0 Å². The Kier molecular flexibility index (Phi) is 6.46. The maximum absolute atomic E-state index is 12.1. The minimum absolute atomic E-state index is 0. The number of hydrogen-bond donors (Lipinski definition) is 2. The minimum Gasteiger partial charge on any atom is -0.491 e. The molecule has 1 aliphatic carbocycles. The van der Waals surface area contributed by atoms with Crippen LogP contribution in [0.15, 0.2) is 29.2 Å². The molecule has 0 aromatic heterocycles. The van der Waals surface area contributed by atoms with Crippen LogP contribution in [0, 0.1) is 5.92 Å². The van der Waals surface area contributed by atoms with Crippen molar-refractivity contribution in [2.75, 3.05) is 6.54 Å². The number of benzene rings is 1. The van der Waals surface area contributed by atoms with Gasteiger partial charge in [0.15, 0.2) is 0 Å². The van der Waals surface area contributed by atoms with Crippen molar-refractivity contribution < 1.29 is 13.2 Å². The summed E-state index contributed by atoms with van der Waals surface area (Å²) in [6.07, 6.45) is 2.26. The molecule has 1 aromatic rings. The molecule has 0 aliphatic heterocycles. The normalized spacial score (nSPS) is 16.4. The molecule has 2 rings (SSSR count). The van der Waals surface area contributed by atoms with E-state index in [1.54, 1.807) is 24.3 Å². The van der Waals surface area contributed by atoms with Crippen LogP contribution in [0.3, 0.4) is 0 Å². The molecule has 120 valence electrons. The number of halogens is 1. The van der Waals surface area contributed by atoms with E-state index in [1.807, 2.05) is 13.8 Å². The summed E-state index contributed by atoms with van der Waals surface area (Å²) < 4.78 is 32.3. The molecule has 5 nitrogen and oxygen atoms in total. The van der Waals surface area contributed by atoms with E-state index in [0.717, 1.165) is 12.8 Å². The van der Waals surface area contributed by atoms with Gasteiger partial charge in [-0.25, -0.2) is 13.1 Å². The number of nitrogens with one attached hydrogen (secondary N) is 1. The molecule has 1 unspecified atom stereocenters. The predicted molar refractivity (Wildman–Crippen MR) is 85.3 cm³/mol. The lowest BCUT2D eigenvalue weighted by Gasteiger charge is -2.13. The van der Waals surface area contributed by atoms with Crippen molar-refractivity contribution in [2.45, 2.75) is 43.7 Å². The lowest BCUT2D eigenvalue weighted by molar-refractivity contribution is 0.242. The van der Waals surface area contributed by atoms with Gasteiger partial charge >= 0.3 is 0 Å². The first-order chi connectivity index (χ1) is 9.38. The average Bonchev–Trinajstić information content (AvgIpc) is 3.20. The molecule has 0 bridgehead atoms. The largest absolute Gasteiger partial charge is 0.491 e. The van der Waals surface area contributed by atoms with Crippen LogP contribution in [0.2, 0.25) is 0 Å². The van der Waals surface area contributed by atoms with Crippen LogP contribution in [0.25, 0.3) is 0 Å². The summed E-state index contributed by atoms with van der Waals surface area (Å²) in [5.74, 6) is 1.13. The highest BCUT2D eigenvalue weighted by Gasteiger charge is 2.29. The number of nitrogens with two attached hydrogens (primary N) is 1. The summed E-state index contributed by atoms with van der Waals surface area (Å²) in [5.41, 5.74) is 5.90. The van der Waals surface area contributed by atoms with Gasteiger partial charge in [0.2, 0.25) is 10.0 Å². The van der Waals surface area contributed by atoms with Gasteiger partial charge in [0.25, 0.3) is 0 Å². The summed E-state index contributed by atoms with van der Waals surface area (Å²) in [4.78, 5) is 0.233. The van der Waals surface area contributed by atoms with E-state index in [-0.39, 0.29) is 36.0 Å². The summed E-state index contributed by atoms with van der Waals surface area (Å²) >= 11 is 0. The Bertz CT molecular complexity index is 542.